The van der Waals surface area contributed by atoms with Gasteiger partial charge in [0.05, 0.1) is 6.61 Å². The fourth-order valence-electron chi connectivity index (χ4n) is 3.60. The number of unbranched alkanes of at least 4 members (excludes halogenated alkanes) is 1. The fraction of sp³-hybridized carbons (Fsp3) is 0.385. The van der Waals surface area contributed by atoms with Crippen molar-refractivity contribution in [1.29, 1.82) is 0 Å². The molecule has 33 heavy (non-hydrogen) atoms. The second kappa shape index (κ2) is 11.8. The van der Waals surface area contributed by atoms with E-state index in [0.717, 1.165) is 53.1 Å². The predicted octanol–water partition coefficient (Wildman–Crippen LogP) is 5.96. The lowest BCUT2D eigenvalue weighted by Crippen LogP contribution is -2.15. The first-order valence-electron chi connectivity index (χ1n) is 11.3. The van der Waals surface area contributed by atoms with Crippen LogP contribution in [0.5, 0.6) is 5.75 Å². The quantitative estimate of drug-likeness (QED) is 0.214. The van der Waals surface area contributed by atoms with Crippen LogP contribution in [-0.4, -0.2) is 27.6 Å². The lowest BCUT2D eigenvalue weighted by atomic mass is 10.0. The van der Waals surface area contributed by atoms with Gasteiger partial charge in [0.25, 0.3) is 0 Å². The summed E-state index contributed by atoms with van der Waals surface area (Å²) in [5.74, 6) is 1.44. The molecule has 1 aromatic heterocycles. The number of H-pyrrole nitrogens is 1. The zero-order valence-corrected chi connectivity index (χ0v) is 20.5. The minimum atomic E-state index is -0.270. The molecule has 0 spiro atoms. The number of hydrogen-bond donors (Lipinski definition) is 1. The third kappa shape index (κ3) is 6.99. The van der Waals surface area contributed by atoms with Gasteiger partial charge in [0.1, 0.15) is 18.2 Å². The van der Waals surface area contributed by atoms with E-state index in [0.29, 0.717) is 30.2 Å². The number of hydrogen-bond acceptors (Lipinski definition) is 4. The minimum Gasteiger partial charge on any atom is -0.489 e. The largest absolute Gasteiger partial charge is 0.489 e. The summed E-state index contributed by atoms with van der Waals surface area (Å²) >= 11 is 6.33. The molecule has 0 bridgehead atoms. The molecule has 0 aliphatic carbocycles. The Kier molecular flexibility index (Phi) is 8.78. The van der Waals surface area contributed by atoms with E-state index in [1.165, 1.54) is 0 Å². The van der Waals surface area contributed by atoms with E-state index in [1.807, 2.05) is 70.3 Å². The van der Waals surface area contributed by atoms with Crippen molar-refractivity contribution in [2.75, 3.05) is 6.61 Å². The molecule has 2 aromatic carbocycles. The van der Waals surface area contributed by atoms with E-state index in [9.17, 15) is 4.79 Å². The first-order valence-corrected chi connectivity index (χ1v) is 11.7. The zero-order valence-electron chi connectivity index (χ0n) is 19.8. The Labute approximate surface area is 200 Å². The van der Waals surface area contributed by atoms with Crippen LogP contribution in [0.2, 0.25) is 5.02 Å². The van der Waals surface area contributed by atoms with E-state index in [1.54, 1.807) is 4.80 Å². The normalized spacial score (nSPS) is 11.6. The molecule has 3 rings (SSSR count). The molecule has 0 unspecified atom stereocenters. The van der Waals surface area contributed by atoms with Crippen LogP contribution in [0.25, 0.3) is 6.08 Å². The van der Waals surface area contributed by atoms with Gasteiger partial charge in [-0.1, -0.05) is 29.8 Å². The van der Waals surface area contributed by atoms with Gasteiger partial charge in [-0.15, -0.1) is 5.10 Å². The van der Waals surface area contributed by atoms with Crippen molar-refractivity contribution in [1.82, 2.24) is 15.0 Å². The number of ether oxygens (including phenoxy) is 2. The van der Waals surface area contributed by atoms with Crippen LogP contribution in [0.4, 0.5) is 0 Å². The molecule has 0 aliphatic heterocycles. The second-order valence-electron chi connectivity index (χ2n) is 8.12. The topological polar surface area (TPSA) is 69.1 Å². The molecular formula is C26H32ClN3O3. The Morgan fingerprint density at radius 2 is 1.97 bits per heavy atom. The van der Waals surface area contributed by atoms with Gasteiger partial charge < -0.3 is 9.47 Å². The molecule has 0 fully saturated rings. The second-order valence-corrected chi connectivity index (χ2v) is 8.53. The van der Waals surface area contributed by atoms with Crippen LogP contribution in [-0.2, 0) is 29.6 Å². The highest BCUT2D eigenvalue weighted by atomic mass is 35.5. The third-order valence-corrected chi connectivity index (χ3v) is 5.88. The maximum absolute atomic E-state index is 12.6. The van der Waals surface area contributed by atoms with Gasteiger partial charge in [-0.3, -0.25) is 5.10 Å². The average molecular weight is 470 g/mol. The van der Waals surface area contributed by atoms with Crippen molar-refractivity contribution >= 4 is 23.6 Å². The molecule has 176 valence electrons. The number of aromatic amines is 1. The summed E-state index contributed by atoms with van der Waals surface area (Å²) < 4.78 is 11.3. The highest BCUT2D eigenvalue weighted by Crippen LogP contribution is 2.25. The summed E-state index contributed by atoms with van der Waals surface area (Å²) in [4.78, 5) is 14.3. The number of carbonyl (C=O) groups excluding carboxylic acids is 1. The van der Waals surface area contributed by atoms with E-state index < -0.39 is 0 Å². The summed E-state index contributed by atoms with van der Waals surface area (Å²) in [5.41, 5.74) is 4.74. The maximum Gasteiger partial charge on any atom is 0.334 e. The highest BCUT2D eigenvalue weighted by molar-refractivity contribution is 6.31. The molecule has 0 saturated carbocycles. The highest BCUT2D eigenvalue weighted by Gasteiger charge is 2.13. The number of aromatic nitrogens is 3. The van der Waals surface area contributed by atoms with Gasteiger partial charge in [-0.25, -0.2) is 9.59 Å². The maximum atomic E-state index is 12.6. The number of nitrogens with one attached hydrogen (secondary N) is 1. The first-order chi connectivity index (χ1) is 15.9. The Balaban J connectivity index is 1.71. The Morgan fingerprint density at radius 1 is 1.18 bits per heavy atom. The van der Waals surface area contributed by atoms with Crippen LogP contribution >= 0.6 is 11.6 Å². The zero-order chi connectivity index (χ0) is 23.8. The SMILES string of the molecule is CCOC(=O)/C(=C/c1cc(OCc2c(C)cccc2Cl)ccc1C)CCCCc1nn(C)[nH]1. The van der Waals surface area contributed by atoms with Crippen LogP contribution in [0.3, 0.4) is 0 Å². The molecule has 1 heterocycles. The molecule has 6 nitrogen and oxygen atoms in total. The van der Waals surface area contributed by atoms with Crippen molar-refractivity contribution in [3.63, 3.8) is 0 Å². The summed E-state index contributed by atoms with van der Waals surface area (Å²) in [6.45, 7) is 6.60. The van der Waals surface area contributed by atoms with Crippen molar-refractivity contribution in [3.8, 4) is 5.75 Å². The van der Waals surface area contributed by atoms with Crippen molar-refractivity contribution in [2.24, 2.45) is 7.05 Å². The van der Waals surface area contributed by atoms with Gasteiger partial charge in [-0.05, 0) is 81.0 Å². The molecule has 0 saturated heterocycles. The van der Waals surface area contributed by atoms with Crippen LogP contribution in [0, 0.1) is 13.8 Å². The standard InChI is InChI=1S/C26H32ClN3O3/c1-5-32-26(31)20(10-6-7-12-25-28-30(4)29-25)15-21-16-22(14-13-18(21)2)33-17-23-19(3)9-8-11-24(23)27/h8-9,11,13-16H,5-7,10,12,17H2,1-4H3,(H,28,29)/b20-15+. The van der Waals surface area contributed by atoms with E-state index in [2.05, 4.69) is 10.2 Å². The van der Waals surface area contributed by atoms with Gasteiger partial charge in [-0.2, -0.15) is 0 Å². The van der Waals surface area contributed by atoms with Crippen LogP contribution < -0.4 is 4.74 Å². The lowest BCUT2D eigenvalue weighted by molar-refractivity contribution is -0.138. The van der Waals surface area contributed by atoms with Crippen molar-refractivity contribution < 1.29 is 14.3 Å². The summed E-state index contributed by atoms with van der Waals surface area (Å²) in [6, 6.07) is 11.7. The van der Waals surface area contributed by atoms with Gasteiger partial charge in [0.15, 0.2) is 0 Å². The average Bonchev–Trinajstić information content (AvgIpc) is 2.76. The fourth-order valence-corrected chi connectivity index (χ4v) is 3.87. The molecule has 0 atom stereocenters. The third-order valence-electron chi connectivity index (χ3n) is 5.53. The summed E-state index contributed by atoms with van der Waals surface area (Å²) in [7, 11) is 1.86. The number of carbonyl (C=O) groups is 1. The number of nitrogens with zero attached hydrogens (tertiary/aromatic N) is 2. The van der Waals surface area contributed by atoms with Crippen molar-refractivity contribution in [3.05, 3.63) is 75.1 Å². The van der Waals surface area contributed by atoms with E-state index in [-0.39, 0.29) is 5.97 Å². The van der Waals surface area contributed by atoms with Gasteiger partial charge in [0, 0.05) is 29.6 Å². The van der Waals surface area contributed by atoms with E-state index in [4.69, 9.17) is 21.1 Å². The minimum absolute atomic E-state index is 0.270. The summed E-state index contributed by atoms with van der Waals surface area (Å²) in [5, 5.41) is 8.06. The Hall–Kier alpha value is -2.99. The molecule has 0 aliphatic rings. The number of aryl methyl sites for hydroxylation is 4. The van der Waals surface area contributed by atoms with Crippen LogP contribution in [0.1, 0.15) is 54.3 Å². The molecule has 3 aromatic rings. The number of benzene rings is 2. The van der Waals surface area contributed by atoms with Gasteiger partial charge in [0.2, 0.25) is 0 Å². The Bertz CT molecular complexity index is 1080. The number of rotatable bonds is 11. The lowest BCUT2D eigenvalue weighted by Gasteiger charge is -2.13. The number of esters is 1. The number of halogens is 1. The summed E-state index contributed by atoms with van der Waals surface area (Å²) in [6.07, 6.45) is 5.25. The van der Waals surface area contributed by atoms with E-state index >= 15 is 0 Å². The molecule has 0 radical (unpaired) electrons. The first kappa shape index (κ1) is 24.6. The monoisotopic (exact) mass is 469 g/mol. The van der Waals surface area contributed by atoms with Gasteiger partial charge >= 0.3 is 5.97 Å². The van der Waals surface area contributed by atoms with Crippen LogP contribution in [0.15, 0.2) is 42.0 Å². The molecule has 7 heteroatoms. The smallest absolute Gasteiger partial charge is 0.334 e. The Morgan fingerprint density at radius 3 is 2.67 bits per heavy atom. The molecular weight excluding hydrogens is 438 g/mol. The van der Waals surface area contributed by atoms with Crippen molar-refractivity contribution in [2.45, 2.75) is 53.1 Å². The molecule has 1 N–H and O–H groups in total. The predicted molar refractivity (Wildman–Crippen MR) is 131 cm³/mol. The molecule has 0 amide bonds.